The number of benzene rings is 2. The van der Waals surface area contributed by atoms with Gasteiger partial charge in [0.05, 0.1) is 10.6 Å². The molecule has 2 aromatic rings. The summed E-state index contributed by atoms with van der Waals surface area (Å²) in [5.41, 5.74) is 0.672. The Morgan fingerprint density at radius 1 is 0.893 bits per heavy atom. The molecule has 0 bridgehead atoms. The van der Waals surface area contributed by atoms with E-state index in [2.05, 4.69) is 24.1 Å². The average molecular weight is 404 g/mol. The van der Waals surface area contributed by atoms with Crippen LogP contribution in [0.2, 0.25) is 0 Å². The van der Waals surface area contributed by atoms with Gasteiger partial charge in [0.1, 0.15) is 0 Å². The Hall–Kier alpha value is -2.38. The Balaban J connectivity index is 2.07. The highest BCUT2D eigenvalue weighted by Gasteiger charge is 2.20. The van der Waals surface area contributed by atoms with Gasteiger partial charge < -0.3 is 10.2 Å². The summed E-state index contributed by atoms with van der Waals surface area (Å²) in [4.78, 5) is 16.7. The summed E-state index contributed by atoms with van der Waals surface area (Å²) in [6.07, 6.45) is 0. The van der Waals surface area contributed by atoms with E-state index in [-0.39, 0.29) is 23.2 Å². The Morgan fingerprint density at radius 3 is 2.04 bits per heavy atom. The van der Waals surface area contributed by atoms with Crippen molar-refractivity contribution in [1.29, 1.82) is 0 Å². The molecule has 0 aliphatic heterocycles. The van der Waals surface area contributed by atoms with Gasteiger partial charge in [0.25, 0.3) is 0 Å². The molecule has 0 fully saturated rings. The highest BCUT2D eigenvalue weighted by atomic mass is 32.2. The second-order valence-corrected chi connectivity index (χ2v) is 8.49. The maximum Gasteiger partial charge on any atom is 0.321 e. The molecule has 0 unspecified atom stereocenters. The molecule has 0 saturated heterocycles. The van der Waals surface area contributed by atoms with Crippen molar-refractivity contribution in [3.05, 3.63) is 60.7 Å². The van der Waals surface area contributed by atoms with Crippen LogP contribution >= 0.6 is 0 Å². The highest BCUT2D eigenvalue weighted by Crippen LogP contribution is 2.16. The van der Waals surface area contributed by atoms with Crippen LogP contribution in [0.15, 0.2) is 65.6 Å². The maximum atomic E-state index is 12.8. The van der Waals surface area contributed by atoms with Crippen LogP contribution in [-0.2, 0) is 9.84 Å². The molecule has 0 heterocycles. The van der Waals surface area contributed by atoms with Crippen molar-refractivity contribution >= 4 is 21.6 Å². The molecule has 0 spiro atoms. The van der Waals surface area contributed by atoms with Crippen LogP contribution in [0, 0.1) is 0 Å². The molecule has 0 aliphatic carbocycles. The topological polar surface area (TPSA) is 69.7 Å². The van der Waals surface area contributed by atoms with Gasteiger partial charge in [-0.05, 0) is 37.4 Å². The fourth-order valence-corrected chi connectivity index (χ4v) is 4.10. The van der Waals surface area contributed by atoms with Crippen molar-refractivity contribution in [2.24, 2.45) is 0 Å². The number of urea groups is 1. The van der Waals surface area contributed by atoms with E-state index in [0.29, 0.717) is 12.2 Å². The molecule has 0 aromatic heterocycles. The minimum absolute atomic E-state index is 0.0817. The molecule has 2 amide bonds. The van der Waals surface area contributed by atoms with E-state index in [1.54, 1.807) is 42.5 Å². The lowest BCUT2D eigenvalue weighted by Crippen LogP contribution is -2.45. The van der Waals surface area contributed by atoms with E-state index < -0.39 is 9.84 Å². The minimum Gasteiger partial charge on any atom is -0.336 e. The highest BCUT2D eigenvalue weighted by molar-refractivity contribution is 7.91. The van der Waals surface area contributed by atoms with E-state index in [1.165, 1.54) is 4.90 Å². The molecular weight excluding hydrogens is 374 g/mol. The normalized spacial score (nSPS) is 11.4. The van der Waals surface area contributed by atoms with Crippen molar-refractivity contribution in [2.45, 2.75) is 18.7 Å². The summed E-state index contributed by atoms with van der Waals surface area (Å²) in [6, 6.07) is 17.2. The van der Waals surface area contributed by atoms with Gasteiger partial charge in [0.2, 0.25) is 0 Å². The molecule has 0 radical (unpaired) electrons. The SMILES string of the molecule is CCN(CC)CCNC(=O)N(CCS(=O)(=O)c1ccccc1)c1ccccc1. The zero-order valence-corrected chi connectivity index (χ0v) is 17.4. The zero-order valence-electron chi connectivity index (χ0n) is 16.5. The zero-order chi connectivity index (χ0) is 20.4. The summed E-state index contributed by atoms with van der Waals surface area (Å²) in [5, 5.41) is 2.91. The fourth-order valence-electron chi connectivity index (χ4n) is 2.87. The minimum atomic E-state index is -3.47. The largest absolute Gasteiger partial charge is 0.336 e. The van der Waals surface area contributed by atoms with Crippen LogP contribution < -0.4 is 10.2 Å². The molecule has 2 rings (SSSR count). The fraction of sp³-hybridized carbons (Fsp3) is 0.381. The van der Waals surface area contributed by atoms with Gasteiger partial charge in [-0.3, -0.25) is 4.90 Å². The number of nitrogens with one attached hydrogen (secondary N) is 1. The molecule has 28 heavy (non-hydrogen) atoms. The monoisotopic (exact) mass is 403 g/mol. The number of para-hydroxylation sites is 1. The van der Waals surface area contributed by atoms with E-state index in [1.807, 2.05) is 18.2 Å². The van der Waals surface area contributed by atoms with Crippen LogP contribution in [0.1, 0.15) is 13.8 Å². The number of rotatable bonds is 10. The summed E-state index contributed by atoms with van der Waals surface area (Å²) in [5.74, 6) is -0.143. The number of carbonyl (C=O) groups excluding carboxylic acids is 1. The number of hydrogen-bond acceptors (Lipinski definition) is 4. The number of hydrogen-bond donors (Lipinski definition) is 1. The van der Waals surface area contributed by atoms with Crippen LogP contribution in [0.5, 0.6) is 0 Å². The number of anilines is 1. The third kappa shape index (κ3) is 6.35. The average Bonchev–Trinajstić information content (AvgIpc) is 2.73. The predicted octanol–water partition coefficient (Wildman–Crippen LogP) is 3.02. The van der Waals surface area contributed by atoms with E-state index in [0.717, 1.165) is 19.6 Å². The van der Waals surface area contributed by atoms with Crippen molar-refractivity contribution in [3.63, 3.8) is 0 Å². The van der Waals surface area contributed by atoms with Crippen molar-refractivity contribution in [1.82, 2.24) is 10.2 Å². The molecular formula is C21H29N3O3S. The van der Waals surface area contributed by atoms with E-state index in [9.17, 15) is 13.2 Å². The molecule has 0 aliphatic rings. The van der Waals surface area contributed by atoms with Crippen LogP contribution in [0.3, 0.4) is 0 Å². The number of nitrogens with zero attached hydrogens (tertiary/aromatic N) is 2. The van der Waals surface area contributed by atoms with Gasteiger partial charge in [-0.15, -0.1) is 0 Å². The van der Waals surface area contributed by atoms with Crippen molar-refractivity contribution in [2.75, 3.05) is 43.4 Å². The first-order chi connectivity index (χ1) is 13.5. The molecule has 1 N–H and O–H groups in total. The number of sulfone groups is 1. The number of amides is 2. The van der Waals surface area contributed by atoms with Gasteiger partial charge in [-0.1, -0.05) is 50.2 Å². The Bertz CT molecular complexity index is 822. The van der Waals surface area contributed by atoms with E-state index in [4.69, 9.17) is 0 Å². The third-order valence-electron chi connectivity index (χ3n) is 4.60. The molecule has 7 heteroatoms. The lowest BCUT2D eigenvalue weighted by molar-refractivity contribution is 0.242. The summed E-state index contributed by atoms with van der Waals surface area (Å²) in [7, 11) is -3.47. The Kier molecular flexibility index (Phi) is 8.47. The first-order valence-corrected chi connectivity index (χ1v) is 11.2. The first-order valence-electron chi connectivity index (χ1n) is 9.58. The third-order valence-corrected chi connectivity index (χ3v) is 6.31. The van der Waals surface area contributed by atoms with Gasteiger partial charge in [0, 0.05) is 25.3 Å². The number of likely N-dealkylation sites (N-methyl/N-ethyl adjacent to an activating group) is 1. The smallest absolute Gasteiger partial charge is 0.321 e. The molecule has 0 atom stereocenters. The quantitative estimate of drug-likeness (QED) is 0.662. The summed E-state index contributed by atoms with van der Waals surface area (Å²) < 4.78 is 25.2. The van der Waals surface area contributed by atoms with Crippen LogP contribution in [0.4, 0.5) is 10.5 Å². The van der Waals surface area contributed by atoms with Gasteiger partial charge in [-0.25, -0.2) is 13.2 Å². The molecule has 2 aromatic carbocycles. The van der Waals surface area contributed by atoms with Gasteiger partial charge in [-0.2, -0.15) is 0 Å². The summed E-state index contributed by atoms with van der Waals surface area (Å²) in [6.45, 7) is 7.34. The van der Waals surface area contributed by atoms with Crippen LogP contribution in [0.25, 0.3) is 0 Å². The molecule has 6 nitrogen and oxygen atoms in total. The van der Waals surface area contributed by atoms with Crippen molar-refractivity contribution < 1.29 is 13.2 Å². The first kappa shape index (κ1) is 21.9. The number of carbonyl (C=O) groups is 1. The van der Waals surface area contributed by atoms with Gasteiger partial charge >= 0.3 is 6.03 Å². The Morgan fingerprint density at radius 2 is 1.46 bits per heavy atom. The van der Waals surface area contributed by atoms with E-state index >= 15 is 0 Å². The predicted molar refractivity (Wildman–Crippen MR) is 113 cm³/mol. The Labute approximate surface area is 168 Å². The molecule has 0 saturated carbocycles. The second kappa shape index (κ2) is 10.8. The summed E-state index contributed by atoms with van der Waals surface area (Å²) >= 11 is 0. The lowest BCUT2D eigenvalue weighted by atomic mass is 10.3. The second-order valence-electron chi connectivity index (χ2n) is 6.38. The standard InChI is InChI=1S/C21H29N3O3S/c1-3-23(4-2)16-15-22-21(25)24(19-11-7-5-8-12-19)17-18-28(26,27)20-13-9-6-10-14-20/h5-14H,3-4,15-18H2,1-2H3,(H,22,25). The van der Waals surface area contributed by atoms with Crippen LogP contribution in [-0.4, -0.2) is 57.8 Å². The maximum absolute atomic E-state index is 12.8. The lowest BCUT2D eigenvalue weighted by Gasteiger charge is -2.24. The van der Waals surface area contributed by atoms with Gasteiger partial charge in [0.15, 0.2) is 9.84 Å². The van der Waals surface area contributed by atoms with Crippen molar-refractivity contribution in [3.8, 4) is 0 Å². The molecule has 152 valence electrons.